The van der Waals surface area contributed by atoms with Crippen LogP contribution in [0.1, 0.15) is 18.1 Å². The van der Waals surface area contributed by atoms with Crippen LogP contribution in [-0.4, -0.2) is 73.6 Å². The Hall–Kier alpha value is -1.63. The summed E-state index contributed by atoms with van der Waals surface area (Å²) >= 11 is 5.95. The Labute approximate surface area is 185 Å². The van der Waals surface area contributed by atoms with Crippen molar-refractivity contribution in [3.63, 3.8) is 0 Å². The second kappa shape index (κ2) is 12.3. The van der Waals surface area contributed by atoms with Gasteiger partial charge < -0.3 is 14.6 Å². The molecule has 0 spiro atoms. The van der Waals surface area contributed by atoms with Crippen LogP contribution in [0.15, 0.2) is 48.5 Å². The summed E-state index contributed by atoms with van der Waals surface area (Å²) in [5, 5.41) is 11.0. The molecule has 1 aliphatic rings. The molecule has 2 aromatic rings. The molecular formula is C24H33ClN2O3. The summed E-state index contributed by atoms with van der Waals surface area (Å²) in [7, 11) is 0. The number of ether oxygens (including phenoxy) is 2. The first-order valence-electron chi connectivity index (χ1n) is 10.8. The van der Waals surface area contributed by atoms with Crippen molar-refractivity contribution in [3.8, 4) is 5.75 Å². The molecule has 0 radical (unpaired) electrons. The van der Waals surface area contributed by atoms with Gasteiger partial charge in [0.1, 0.15) is 12.4 Å². The molecule has 6 heteroatoms. The number of hydrogen-bond donors (Lipinski definition) is 1. The van der Waals surface area contributed by atoms with E-state index in [0.29, 0.717) is 26.4 Å². The van der Waals surface area contributed by atoms with Gasteiger partial charge in [-0.1, -0.05) is 42.8 Å². The van der Waals surface area contributed by atoms with E-state index in [9.17, 15) is 5.11 Å². The number of nitrogens with zero attached hydrogens (tertiary/aromatic N) is 2. The molecule has 1 aliphatic heterocycles. The highest BCUT2D eigenvalue weighted by molar-refractivity contribution is 6.30. The minimum absolute atomic E-state index is 0.336. The number of piperazine rings is 1. The molecule has 0 aromatic heterocycles. The standard InChI is InChI=1S/C24H33ClN2O3/c1-2-20-5-9-24(10-6-20)30-16-15-29-19-23(28)18-27-13-11-26(12-14-27)17-21-3-7-22(25)8-4-21/h3-10,23,28H,2,11-19H2,1H3/t23-/m1/s1. The first-order chi connectivity index (χ1) is 14.6. The van der Waals surface area contributed by atoms with Gasteiger partial charge in [-0.3, -0.25) is 9.80 Å². The van der Waals surface area contributed by atoms with Crippen molar-refractivity contribution in [2.75, 3.05) is 52.5 Å². The number of β-amino-alcohol motifs (C(OH)–C–C–N with tert-alkyl or cyclic N) is 1. The Morgan fingerprint density at radius 1 is 0.900 bits per heavy atom. The summed E-state index contributed by atoms with van der Waals surface area (Å²) in [4.78, 5) is 4.74. The minimum Gasteiger partial charge on any atom is -0.491 e. The average molecular weight is 433 g/mol. The summed E-state index contributed by atoms with van der Waals surface area (Å²) < 4.78 is 11.3. The fraction of sp³-hybridized carbons (Fsp3) is 0.500. The van der Waals surface area contributed by atoms with Gasteiger partial charge in [0.25, 0.3) is 0 Å². The molecule has 0 unspecified atom stereocenters. The van der Waals surface area contributed by atoms with Gasteiger partial charge in [-0.15, -0.1) is 0 Å². The largest absolute Gasteiger partial charge is 0.491 e. The van der Waals surface area contributed by atoms with Crippen LogP contribution >= 0.6 is 11.6 Å². The van der Waals surface area contributed by atoms with E-state index in [0.717, 1.165) is 49.9 Å². The lowest BCUT2D eigenvalue weighted by Gasteiger charge is -2.35. The molecule has 1 fully saturated rings. The van der Waals surface area contributed by atoms with Gasteiger partial charge in [0, 0.05) is 44.3 Å². The Bertz CT molecular complexity index is 731. The summed E-state index contributed by atoms with van der Waals surface area (Å²) in [6.07, 6.45) is 0.551. The Morgan fingerprint density at radius 3 is 2.20 bits per heavy atom. The van der Waals surface area contributed by atoms with E-state index in [2.05, 4.69) is 41.0 Å². The lowest BCUT2D eigenvalue weighted by molar-refractivity contribution is -0.000436. The molecule has 3 rings (SSSR count). The molecule has 5 nitrogen and oxygen atoms in total. The SMILES string of the molecule is CCc1ccc(OCCOC[C@H](O)CN2CCN(Cc3ccc(Cl)cc3)CC2)cc1. The number of benzene rings is 2. The van der Waals surface area contributed by atoms with Crippen molar-refractivity contribution >= 4 is 11.6 Å². The summed E-state index contributed by atoms with van der Waals surface area (Å²) in [6.45, 7) is 8.94. The van der Waals surface area contributed by atoms with E-state index in [1.165, 1.54) is 11.1 Å². The van der Waals surface area contributed by atoms with Gasteiger partial charge in [-0.25, -0.2) is 0 Å². The van der Waals surface area contributed by atoms with E-state index < -0.39 is 6.10 Å². The van der Waals surface area contributed by atoms with Crippen LogP contribution in [0.25, 0.3) is 0 Å². The predicted octanol–water partition coefficient (Wildman–Crippen LogP) is 3.48. The number of aliphatic hydroxyl groups is 1. The number of halogens is 1. The quantitative estimate of drug-likeness (QED) is 0.551. The van der Waals surface area contributed by atoms with Crippen molar-refractivity contribution in [1.29, 1.82) is 0 Å². The zero-order valence-corrected chi connectivity index (χ0v) is 18.6. The normalized spacial score (nSPS) is 16.5. The first kappa shape index (κ1) is 23.0. The summed E-state index contributed by atoms with van der Waals surface area (Å²) in [6, 6.07) is 16.2. The molecule has 0 aliphatic carbocycles. The average Bonchev–Trinajstić information content (AvgIpc) is 2.77. The van der Waals surface area contributed by atoms with Crippen LogP contribution in [0.3, 0.4) is 0 Å². The monoisotopic (exact) mass is 432 g/mol. The van der Waals surface area contributed by atoms with Crippen LogP contribution in [-0.2, 0) is 17.7 Å². The van der Waals surface area contributed by atoms with Crippen LogP contribution < -0.4 is 4.74 Å². The maximum Gasteiger partial charge on any atom is 0.119 e. The number of hydrogen-bond acceptors (Lipinski definition) is 5. The molecule has 1 saturated heterocycles. The molecular weight excluding hydrogens is 400 g/mol. The molecule has 2 aromatic carbocycles. The number of rotatable bonds is 11. The predicted molar refractivity (Wildman–Crippen MR) is 121 cm³/mol. The van der Waals surface area contributed by atoms with Crippen molar-refractivity contribution < 1.29 is 14.6 Å². The lowest BCUT2D eigenvalue weighted by atomic mass is 10.2. The first-order valence-corrected chi connectivity index (χ1v) is 11.2. The fourth-order valence-corrected chi connectivity index (χ4v) is 3.71. The highest BCUT2D eigenvalue weighted by atomic mass is 35.5. The summed E-state index contributed by atoms with van der Waals surface area (Å²) in [5.74, 6) is 0.854. The Balaban J connectivity index is 1.24. The van der Waals surface area contributed by atoms with Gasteiger partial charge in [-0.2, -0.15) is 0 Å². The van der Waals surface area contributed by atoms with E-state index in [1.807, 2.05) is 24.3 Å². The molecule has 0 saturated carbocycles. The van der Waals surface area contributed by atoms with E-state index in [-0.39, 0.29) is 0 Å². The minimum atomic E-state index is -0.475. The van der Waals surface area contributed by atoms with Crippen molar-refractivity contribution in [2.45, 2.75) is 26.0 Å². The third kappa shape index (κ3) is 7.89. The van der Waals surface area contributed by atoms with E-state index in [4.69, 9.17) is 21.1 Å². The van der Waals surface area contributed by atoms with Crippen molar-refractivity contribution in [2.24, 2.45) is 0 Å². The van der Waals surface area contributed by atoms with E-state index in [1.54, 1.807) is 0 Å². The third-order valence-electron chi connectivity index (χ3n) is 5.39. The van der Waals surface area contributed by atoms with Gasteiger partial charge in [0.2, 0.25) is 0 Å². The van der Waals surface area contributed by atoms with Crippen LogP contribution in [0.4, 0.5) is 0 Å². The smallest absolute Gasteiger partial charge is 0.119 e. The fourth-order valence-electron chi connectivity index (χ4n) is 3.59. The topological polar surface area (TPSA) is 45.2 Å². The van der Waals surface area contributed by atoms with E-state index >= 15 is 0 Å². The molecule has 30 heavy (non-hydrogen) atoms. The number of aryl methyl sites for hydroxylation is 1. The van der Waals surface area contributed by atoms with Crippen molar-refractivity contribution in [1.82, 2.24) is 9.80 Å². The molecule has 0 bridgehead atoms. The molecule has 1 N–H and O–H groups in total. The van der Waals surface area contributed by atoms with Crippen LogP contribution in [0.2, 0.25) is 5.02 Å². The zero-order chi connectivity index (χ0) is 21.2. The maximum absolute atomic E-state index is 10.3. The molecule has 164 valence electrons. The van der Waals surface area contributed by atoms with Gasteiger partial charge in [0.05, 0.1) is 19.3 Å². The van der Waals surface area contributed by atoms with Crippen LogP contribution in [0, 0.1) is 0 Å². The Kier molecular flexibility index (Phi) is 9.43. The maximum atomic E-state index is 10.3. The summed E-state index contributed by atoms with van der Waals surface area (Å²) in [5.41, 5.74) is 2.58. The highest BCUT2D eigenvalue weighted by Gasteiger charge is 2.19. The lowest BCUT2D eigenvalue weighted by Crippen LogP contribution is -2.48. The number of aliphatic hydroxyl groups excluding tert-OH is 1. The van der Waals surface area contributed by atoms with Crippen molar-refractivity contribution in [3.05, 3.63) is 64.7 Å². The van der Waals surface area contributed by atoms with Gasteiger partial charge in [-0.05, 0) is 41.8 Å². The molecule has 0 amide bonds. The third-order valence-corrected chi connectivity index (χ3v) is 5.64. The second-order valence-corrected chi connectivity index (χ2v) is 8.21. The van der Waals surface area contributed by atoms with Gasteiger partial charge >= 0.3 is 0 Å². The highest BCUT2D eigenvalue weighted by Crippen LogP contribution is 2.14. The zero-order valence-electron chi connectivity index (χ0n) is 17.8. The second-order valence-electron chi connectivity index (χ2n) is 7.78. The molecule has 1 atom stereocenters. The molecule has 1 heterocycles. The van der Waals surface area contributed by atoms with Crippen LogP contribution in [0.5, 0.6) is 5.75 Å². The van der Waals surface area contributed by atoms with Gasteiger partial charge in [0.15, 0.2) is 0 Å². The Morgan fingerprint density at radius 2 is 1.53 bits per heavy atom.